The Balaban J connectivity index is 0.00000264. The summed E-state index contributed by atoms with van der Waals surface area (Å²) >= 11 is 0. The molecule has 124 valence electrons. The number of benzene rings is 1. The van der Waals surface area contributed by atoms with E-state index in [-0.39, 0.29) is 24.0 Å². The zero-order chi connectivity index (χ0) is 15.8. The number of halogens is 1. The summed E-state index contributed by atoms with van der Waals surface area (Å²) in [6.45, 7) is 3.40. The first-order valence-electron chi connectivity index (χ1n) is 7.21. The van der Waals surface area contributed by atoms with E-state index in [1.807, 2.05) is 18.2 Å². The Labute approximate surface area is 154 Å². The molecule has 5 nitrogen and oxygen atoms in total. The largest absolute Gasteiger partial charge is 0.481 e. The van der Waals surface area contributed by atoms with Gasteiger partial charge in [-0.15, -0.1) is 24.0 Å². The third-order valence-electron chi connectivity index (χ3n) is 3.23. The molecule has 2 N–H and O–H groups in total. The molecule has 0 radical (unpaired) electrons. The molecule has 2 aromatic rings. The molecular formula is C17H23IN4O. The number of aromatic nitrogens is 1. The number of rotatable bonds is 5. The molecular weight excluding hydrogens is 403 g/mol. The van der Waals surface area contributed by atoms with Crippen LogP contribution in [-0.2, 0) is 13.1 Å². The van der Waals surface area contributed by atoms with Gasteiger partial charge in [-0.05, 0) is 18.6 Å². The molecule has 0 atom stereocenters. The number of aliphatic imine (C=N–C) groups is 1. The number of aryl methyl sites for hydroxylation is 1. The lowest BCUT2D eigenvalue weighted by Gasteiger charge is -2.12. The van der Waals surface area contributed by atoms with Crippen molar-refractivity contribution in [3.05, 3.63) is 59.3 Å². The molecule has 23 heavy (non-hydrogen) atoms. The maximum atomic E-state index is 5.12. The van der Waals surface area contributed by atoms with Crippen molar-refractivity contribution >= 4 is 29.9 Å². The normalized spacial score (nSPS) is 10.7. The van der Waals surface area contributed by atoms with E-state index in [1.54, 1.807) is 14.2 Å². The van der Waals surface area contributed by atoms with Gasteiger partial charge in [0.2, 0.25) is 5.88 Å². The molecule has 0 aliphatic heterocycles. The van der Waals surface area contributed by atoms with Crippen LogP contribution in [0.2, 0.25) is 0 Å². The molecule has 1 aromatic carbocycles. The Morgan fingerprint density at radius 3 is 2.43 bits per heavy atom. The van der Waals surface area contributed by atoms with Crippen molar-refractivity contribution in [2.45, 2.75) is 20.0 Å². The third-order valence-corrected chi connectivity index (χ3v) is 3.23. The zero-order valence-electron chi connectivity index (χ0n) is 13.7. The number of hydrogen-bond acceptors (Lipinski definition) is 3. The second kappa shape index (κ2) is 10.0. The lowest BCUT2D eigenvalue weighted by Crippen LogP contribution is -2.36. The molecule has 0 amide bonds. The van der Waals surface area contributed by atoms with Crippen LogP contribution >= 0.6 is 24.0 Å². The highest BCUT2D eigenvalue weighted by atomic mass is 127. The highest BCUT2D eigenvalue weighted by molar-refractivity contribution is 14.0. The van der Waals surface area contributed by atoms with E-state index >= 15 is 0 Å². The molecule has 1 heterocycles. The van der Waals surface area contributed by atoms with Crippen molar-refractivity contribution in [1.82, 2.24) is 15.6 Å². The monoisotopic (exact) mass is 426 g/mol. The maximum Gasteiger partial charge on any atom is 0.213 e. The van der Waals surface area contributed by atoms with E-state index in [0.717, 1.165) is 18.2 Å². The Morgan fingerprint density at radius 2 is 1.78 bits per heavy atom. The van der Waals surface area contributed by atoms with Gasteiger partial charge in [-0.3, -0.25) is 4.99 Å². The topological polar surface area (TPSA) is 58.5 Å². The van der Waals surface area contributed by atoms with Gasteiger partial charge in [-0.25, -0.2) is 4.98 Å². The van der Waals surface area contributed by atoms with Crippen molar-refractivity contribution < 1.29 is 4.74 Å². The average Bonchev–Trinajstić information content (AvgIpc) is 2.57. The molecule has 1 aromatic heterocycles. The Bertz CT molecular complexity index is 629. The minimum Gasteiger partial charge on any atom is -0.481 e. The van der Waals surface area contributed by atoms with Gasteiger partial charge < -0.3 is 15.4 Å². The Hall–Kier alpha value is -1.83. The SMILES string of the molecule is CN=C(NCc1ccc(C)cc1)NCc1cccc(OC)n1.I. The molecule has 6 heteroatoms. The van der Waals surface area contributed by atoms with Crippen molar-refractivity contribution in [2.24, 2.45) is 4.99 Å². The number of guanidine groups is 1. The van der Waals surface area contributed by atoms with Gasteiger partial charge in [-0.2, -0.15) is 0 Å². The summed E-state index contributed by atoms with van der Waals surface area (Å²) in [5, 5.41) is 6.52. The maximum absolute atomic E-state index is 5.12. The predicted molar refractivity (Wildman–Crippen MR) is 104 cm³/mol. The van der Waals surface area contributed by atoms with Gasteiger partial charge in [0.1, 0.15) is 0 Å². The summed E-state index contributed by atoms with van der Waals surface area (Å²) in [4.78, 5) is 8.57. The van der Waals surface area contributed by atoms with Crippen molar-refractivity contribution in [1.29, 1.82) is 0 Å². The summed E-state index contributed by atoms with van der Waals surface area (Å²) < 4.78 is 5.12. The second-order valence-corrected chi connectivity index (χ2v) is 4.94. The summed E-state index contributed by atoms with van der Waals surface area (Å²) in [5.41, 5.74) is 3.38. The molecule has 0 fully saturated rings. The van der Waals surface area contributed by atoms with E-state index < -0.39 is 0 Å². The van der Waals surface area contributed by atoms with E-state index in [2.05, 4.69) is 51.8 Å². The van der Waals surface area contributed by atoms with Crippen LogP contribution in [0.1, 0.15) is 16.8 Å². The van der Waals surface area contributed by atoms with Crippen LogP contribution in [-0.4, -0.2) is 25.1 Å². The van der Waals surface area contributed by atoms with Gasteiger partial charge in [-0.1, -0.05) is 35.9 Å². The summed E-state index contributed by atoms with van der Waals surface area (Å²) in [6.07, 6.45) is 0. The fraction of sp³-hybridized carbons (Fsp3) is 0.294. The molecule has 0 aliphatic rings. The number of nitrogens with zero attached hydrogens (tertiary/aromatic N) is 2. The molecule has 0 spiro atoms. The number of ether oxygens (including phenoxy) is 1. The molecule has 0 unspecified atom stereocenters. The van der Waals surface area contributed by atoms with Crippen LogP contribution < -0.4 is 15.4 Å². The number of hydrogen-bond donors (Lipinski definition) is 2. The third kappa shape index (κ3) is 6.43. The van der Waals surface area contributed by atoms with E-state index in [0.29, 0.717) is 12.4 Å². The summed E-state index contributed by atoms with van der Waals surface area (Å²) in [7, 11) is 3.37. The summed E-state index contributed by atoms with van der Waals surface area (Å²) in [5.74, 6) is 1.35. The molecule has 2 rings (SSSR count). The Morgan fingerprint density at radius 1 is 1.09 bits per heavy atom. The van der Waals surface area contributed by atoms with E-state index in [9.17, 15) is 0 Å². The van der Waals surface area contributed by atoms with Crippen molar-refractivity contribution in [3.8, 4) is 5.88 Å². The van der Waals surface area contributed by atoms with E-state index in [1.165, 1.54) is 11.1 Å². The van der Waals surface area contributed by atoms with Crippen LogP contribution in [0.15, 0.2) is 47.5 Å². The van der Waals surface area contributed by atoms with Crippen LogP contribution in [0.5, 0.6) is 5.88 Å². The van der Waals surface area contributed by atoms with Gasteiger partial charge in [0.05, 0.1) is 19.3 Å². The zero-order valence-corrected chi connectivity index (χ0v) is 16.0. The average molecular weight is 426 g/mol. The lowest BCUT2D eigenvalue weighted by molar-refractivity contribution is 0.396. The van der Waals surface area contributed by atoms with Gasteiger partial charge in [0.25, 0.3) is 0 Å². The molecule has 0 saturated carbocycles. The summed E-state index contributed by atoms with van der Waals surface area (Å²) in [6, 6.07) is 14.1. The fourth-order valence-corrected chi connectivity index (χ4v) is 1.96. The highest BCUT2D eigenvalue weighted by Crippen LogP contribution is 2.06. The standard InChI is InChI=1S/C17H22N4O.HI/c1-13-7-9-14(10-8-13)11-19-17(18-2)20-12-15-5-4-6-16(21-15)22-3;/h4-10H,11-12H2,1-3H3,(H2,18,19,20);1H. The number of pyridine rings is 1. The van der Waals surface area contributed by atoms with Gasteiger partial charge >= 0.3 is 0 Å². The van der Waals surface area contributed by atoms with Crippen molar-refractivity contribution in [3.63, 3.8) is 0 Å². The number of nitrogens with one attached hydrogen (secondary N) is 2. The molecule has 0 saturated heterocycles. The number of methoxy groups -OCH3 is 1. The van der Waals surface area contributed by atoms with Crippen LogP contribution in [0.4, 0.5) is 0 Å². The van der Waals surface area contributed by atoms with Crippen LogP contribution in [0.3, 0.4) is 0 Å². The van der Waals surface area contributed by atoms with E-state index in [4.69, 9.17) is 4.74 Å². The van der Waals surface area contributed by atoms with Crippen LogP contribution in [0.25, 0.3) is 0 Å². The lowest BCUT2D eigenvalue weighted by atomic mass is 10.1. The quantitative estimate of drug-likeness (QED) is 0.439. The highest BCUT2D eigenvalue weighted by Gasteiger charge is 2.01. The van der Waals surface area contributed by atoms with Crippen molar-refractivity contribution in [2.75, 3.05) is 14.2 Å². The first-order chi connectivity index (χ1) is 10.7. The molecule has 0 aliphatic carbocycles. The predicted octanol–water partition coefficient (Wildman–Crippen LogP) is 2.88. The molecule has 0 bridgehead atoms. The minimum atomic E-state index is 0. The Kier molecular flexibility index (Phi) is 8.39. The van der Waals surface area contributed by atoms with Crippen LogP contribution in [0, 0.1) is 6.92 Å². The van der Waals surface area contributed by atoms with Gasteiger partial charge in [0, 0.05) is 19.7 Å². The first-order valence-corrected chi connectivity index (χ1v) is 7.21. The smallest absolute Gasteiger partial charge is 0.213 e. The minimum absolute atomic E-state index is 0. The fourth-order valence-electron chi connectivity index (χ4n) is 1.96. The first kappa shape index (κ1) is 19.2. The van der Waals surface area contributed by atoms with Gasteiger partial charge in [0.15, 0.2) is 5.96 Å². The second-order valence-electron chi connectivity index (χ2n) is 4.94.